The van der Waals surface area contributed by atoms with Crippen LogP contribution < -0.4 is 0 Å². The highest BCUT2D eigenvalue weighted by Crippen LogP contribution is 2.35. The van der Waals surface area contributed by atoms with Crippen LogP contribution in [0.15, 0.2) is 46.3 Å². The van der Waals surface area contributed by atoms with Crippen LogP contribution in [0.2, 0.25) is 0 Å². The molecule has 8 heteroatoms. The zero-order valence-corrected chi connectivity index (χ0v) is 19.8. The van der Waals surface area contributed by atoms with Crippen molar-refractivity contribution in [2.45, 2.75) is 80.7 Å². The van der Waals surface area contributed by atoms with Gasteiger partial charge in [-0.05, 0) is 62.8 Å². The molecule has 1 saturated carbocycles. The lowest BCUT2D eigenvalue weighted by Crippen LogP contribution is -2.32. The molecule has 0 radical (unpaired) electrons. The number of sulfone groups is 1. The van der Waals surface area contributed by atoms with E-state index >= 15 is 0 Å². The molecule has 172 valence electrons. The molecule has 0 aliphatic heterocycles. The summed E-state index contributed by atoms with van der Waals surface area (Å²) in [6, 6.07) is 7.14. The van der Waals surface area contributed by atoms with E-state index in [1.807, 2.05) is 6.92 Å². The molecule has 0 saturated heterocycles. The molecule has 6 nitrogen and oxygen atoms in total. The number of hydrogen-bond acceptors (Lipinski definition) is 5. The first kappa shape index (κ1) is 22.9. The normalized spacial score (nSPS) is 22.4. The van der Waals surface area contributed by atoms with Gasteiger partial charge in [0.05, 0.1) is 26.4 Å². The molecule has 0 spiro atoms. The third-order valence-corrected chi connectivity index (χ3v) is 8.08. The van der Waals surface area contributed by atoms with Gasteiger partial charge in [-0.3, -0.25) is 0 Å². The Hall–Kier alpha value is -2.32. The molecule has 3 aromatic rings. The fraction of sp³-hybridized carbons (Fsp3) is 0.500. The Labute approximate surface area is 188 Å². The van der Waals surface area contributed by atoms with Gasteiger partial charge in [-0.15, -0.1) is 0 Å². The molecule has 0 amide bonds. The van der Waals surface area contributed by atoms with E-state index < -0.39 is 21.4 Å². The third kappa shape index (κ3) is 4.43. The quantitative estimate of drug-likeness (QED) is 0.575. The van der Waals surface area contributed by atoms with Gasteiger partial charge in [0.2, 0.25) is 15.8 Å². The average molecular weight is 460 g/mol. The Bertz CT molecular complexity index is 1250. The van der Waals surface area contributed by atoms with Gasteiger partial charge in [0, 0.05) is 24.2 Å². The standard InChI is InChI=1S/C24H30FN3O3S/c1-23(2,3)22-27-19-13-17(32(30,31)18-9-12-26-21(25)14-18)5-6-20(19)28(22)15-16-7-10-24(4,29)11-8-16/h5-6,9,12-14,16,29H,7-8,10-11,15H2,1-4H3. The molecule has 2 heterocycles. The number of pyridine rings is 1. The van der Waals surface area contributed by atoms with E-state index in [-0.39, 0.29) is 15.2 Å². The van der Waals surface area contributed by atoms with Crippen LogP contribution >= 0.6 is 0 Å². The molecule has 4 rings (SSSR count). The summed E-state index contributed by atoms with van der Waals surface area (Å²) >= 11 is 0. The molecular weight excluding hydrogens is 429 g/mol. The van der Waals surface area contributed by atoms with Crippen molar-refractivity contribution in [1.29, 1.82) is 0 Å². The fourth-order valence-corrected chi connectivity index (χ4v) is 5.74. The van der Waals surface area contributed by atoms with Crippen LogP contribution in [0.5, 0.6) is 0 Å². The highest BCUT2D eigenvalue weighted by molar-refractivity contribution is 7.91. The number of hydrogen-bond donors (Lipinski definition) is 1. The first-order valence-electron chi connectivity index (χ1n) is 11.0. The van der Waals surface area contributed by atoms with Crippen molar-refractivity contribution >= 4 is 20.9 Å². The number of fused-ring (bicyclic) bond motifs is 1. The van der Waals surface area contributed by atoms with Crippen LogP contribution in [-0.2, 0) is 21.8 Å². The van der Waals surface area contributed by atoms with Crippen molar-refractivity contribution in [2.24, 2.45) is 5.92 Å². The summed E-state index contributed by atoms with van der Waals surface area (Å²) in [6.45, 7) is 8.95. The molecule has 0 atom stereocenters. The molecular formula is C24H30FN3O3S. The lowest BCUT2D eigenvalue weighted by Gasteiger charge is -2.34. The third-order valence-electron chi connectivity index (χ3n) is 6.33. The Balaban J connectivity index is 1.75. The Morgan fingerprint density at radius 3 is 2.44 bits per heavy atom. The molecule has 0 unspecified atom stereocenters. The van der Waals surface area contributed by atoms with Gasteiger partial charge in [0.1, 0.15) is 5.82 Å². The number of halogens is 1. The summed E-state index contributed by atoms with van der Waals surface area (Å²) in [7, 11) is -3.89. The summed E-state index contributed by atoms with van der Waals surface area (Å²) in [5.74, 6) is 0.490. The van der Waals surface area contributed by atoms with Gasteiger partial charge in [-0.25, -0.2) is 18.4 Å². The predicted molar refractivity (Wildman–Crippen MR) is 121 cm³/mol. The number of imidazole rings is 1. The molecule has 32 heavy (non-hydrogen) atoms. The van der Waals surface area contributed by atoms with E-state index in [0.717, 1.165) is 55.8 Å². The minimum atomic E-state index is -3.89. The minimum absolute atomic E-state index is 0.0782. The predicted octanol–water partition coefficient (Wildman–Crippen LogP) is 4.64. The fourth-order valence-electron chi connectivity index (χ4n) is 4.46. The summed E-state index contributed by atoms with van der Waals surface area (Å²) in [4.78, 5) is 8.21. The second kappa shape index (κ2) is 7.92. The SMILES string of the molecule is CC1(O)CCC(Cn2c(C(C)(C)C)nc3cc(S(=O)(=O)c4ccnc(F)c4)ccc32)CC1. The van der Waals surface area contributed by atoms with Crippen LogP contribution in [0.25, 0.3) is 11.0 Å². The largest absolute Gasteiger partial charge is 0.390 e. The Morgan fingerprint density at radius 1 is 1.16 bits per heavy atom. The van der Waals surface area contributed by atoms with Crippen molar-refractivity contribution < 1.29 is 17.9 Å². The van der Waals surface area contributed by atoms with Gasteiger partial charge in [0.25, 0.3) is 0 Å². The van der Waals surface area contributed by atoms with Gasteiger partial charge >= 0.3 is 0 Å². The topological polar surface area (TPSA) is 85.1 Å². The van der Waals surface area contributed by atoms with E-state index in [4.69, 9.17) is 4.98 Å². The number of aliphatic hydroxyl groups is 1. The van der Waals surface area contributed by atoms with E-state index in [0.29, 0.717) is 11.4 Å². The first-order valence-corrected chi connectivity index (χ1v) is 12.4. The number of nitrogens with zero attached hydrogens (tertiary/aromatic N) is 3. The second-order valence-electron chi connectivity index (χ2n) is 10.2. The summed E-state index contributed by atoms with van der Waals surface area (Å²) in [6.07, 6.45) is 4.58. The lowest BCUT2D eigenvalue weighted by molar-refractivity contribution is 0.00577. The van der Waals surface area contributed by atoms with E-state index in [2.05, 4.69) is 30.3 Å². The van der Waals surface area contributed by atoms with Crippen LogP contribution in [0, 0.1) is 11.9 Å². The first-order chi connectivity index (χ1) is 14.9. The molecule has 0 bridgehead atoms. The van der Waals surface area contributed by atoms with Crippen LogP contribution in [0.4, 0.5) is 4.39 Å². The van der Waals surface area contributed by atoms with Crippen molar-refractivity contribution in [2.75, 3.05) is 0 Å². The molecule has 1 N–H and O–H groups in total. The summed E-state index contributed by atoms with van der Waals surface area (Å²) in [5.41, 5.74) is 0.670. The molecule has 1 fully saturated rings. The van der Waals surface area contributed by atoms with E-state index in [9.17, 15) is 17.9 Å². The zero-order chi connectivity index (χ0) is 23.3. The highest BCUT2D eigenvalue weighted by atomic mass is 32.2. The van der Waals surface area contributed by atoms with Gasteiger partial charge < -0.3 is 9.67 Å². The van der Waals surface area contributed by atoms with Crippen molar-refractivity contribution in [3.8, 4) is 0 Å². The van der Waals surface area contributed by atoms with E-state index in [1.54, 1.807) is 18.2 Å². The number of rotatable bonds is 4. The number of aromatic nitrogens is 3. The van der Waals surface area contributed by atoms with Gasteiger partial charge in [0.15, 0.2) is 0 Å². The lowest BCUT2D eigenvalue weighted by atomic mass is 9.80. The second-order valence-corrected chi connectivity index (χ2v) is 12.2. The van der Waals surface area contributed by atoms with Crippen LogP contribution in [0.1, 0.15) is 59.2 Å². The van der Waals surface area contributed by atoms with E-state index in [1.165, 1.54) is 6.07 Å². The van der Waals surface area contributed by atoms with Crippen molar-refractivity contribution in [3.63, 3.8) is 0 Å². The van der Waals surface area contributed by atoms with Gasteiger partial charge in [-0.2, -0.15) is 4.39 Å². The smallest absolute Gasteiger partial charge is 0.214 e. The molecule has 1 aliphatic rings. The van der Waals surface area contributed by atoms with Crippen LogP contribution in [0.3, 0.4) is 0 Å². The molecule has 1 aromatic carbocycles. The highest BCUT2D eigenvalue weighted by Gasteiger charge is 2.31. The summed E-state index contributed by atoms with van der Waals surface area (Å²) < 4.78 is 41.8. The van der Waals surface area contributed by atoms with Crippen molar-refractivity contribution in [1.82, 2.24) is 14.5 Å². The number of benzene rings is 1. The van der Waals surface area contributed by atoms with Gasteiger partial charge in [-0.1, -0.05) is 20.8 Å². The van der Waals surface area contributed by atoms with Crippen molar-refractivity contribution in [3.05, 3.63) is 48.3 Å². The Kier molecular flexibility index (Phi) is 5.66. The Morgan fingerprint density at radius 2 is 1.81 bits per heavy atom. The molecule has 2 aromatic heterocycles. The maximum atomic E-state index is 13.5. The average Bonchev–Trinajstić information content (AvgIpc) is 3.08. The minimum Gasteiger partial charge on any atom is -0.390 e. The molecule has 1 aliphatic carbocycles. The monoisotopic (exact) mass is 459 g/mol. The maximum Gasteiger partial charge on any atom is 0.214 e. The zero-order valence-electron chi connectivity index (χ0n) is 19.0. The summed E-state index contributed by atoms with van der Waals surface area (Å²) in [5, 5.41) is 10.3. The maximum absolute atomic E-state index is 13.5. The van der Waals surface area contributed by atoms with Crippen LogP contribution in [-0.4, -0.2) is 33.7 Å².